The number of ether oxygens (including phenoxy) is 2. The van der Waals surface area contributed by atoms with Crippen LogP contribution in [0.3, 0.4) is 0 Å². The van der Waals surface area contributed by atoms with E-state index in [0.29, 0.717) is 0 Å². The van der Waals surface area contributed by atoms with Gasteiger partial charge in [-0.25, -0.2) is 0 Å². The fourth-order valence-corrected chi connectivity index (χ4v) is 2.51. The predicted molar refractivity (Wildman–Crippen MR) is 87.6 cm³/mol. The molecule has 0 heterocycles. The van der Waals surface area contributed by atoms with Crippen LogP contribution in [-0.4, -0.2) is 14.2 Å². The molecule has 0 spiro atoms. The van der Waals surface area contributed by atoms with Crippen LogP contribution in [0.4, 0.5) is 0 Å². The van der Waals surface area contributed by atoms with Gasteiger partial charge in [-0.2, -0.15) is 0 Å². The van der Waals surface area contributed by atoms with Crippen LogP contribution in [0.5, 0.6) is 11.5 Å². The molecule has 0 fully saturated rings. The zero-order valence-electron chi connectivity index (χ0n) is 13.7. The van der Waals surface area contributed by atoms with E-state index >= 15 is 0 Å². The number of hydrazine groups is 1. The molecule has 1 aromatic rings. The summed E-state index contributed by atoms with van der Waals surface area (Å²) in [4.78, 5) is 0. The number of hydrogen-bond acceptors (Lipinski definition) is 4. The van der Waals surface area contributed by atoms with E-state index in [0.717, 1.165) is 23.5 Å². The van der Waals surface area contributed by atoms with Gasteiger partial charge in [0.05, 0.1) is 14.2 Å². The Kier molecular flexibility index (Phi) is 8.87. The molecule has 0 aliphatic rings. The Labute approximate surface area is 129 Å². The summed E-state index contributed by atoms with van der Waals surface area (Å²) in [6.07, 6.45) is 8.75. The molecule has 0 aliphatic heterocycles. The Hall–Kier alpha value is -1.26. The van der Waals surface area contributed by atoms with E-state index in [1.54, 1.807) is 14.2 Å². The standard InChI is InChI=1S/C17H30N2O2/c1-4-5-6-7-8-9-10-17(19-18)14-11-15(20-2)13-16(12-14)21-3/h11-13,17,19H,4-10,18H2,1-3H3. The van der Waals surface area contributed by atoms with Crippen LogP contribution < -0.4 is 20.7 Å². The molecule has 3 N–H and O–H groups in total. The molecule has 1 unspecified atom stereocenters. The zero-order chi connectivity index (χ0) is 15.5. The third-order valence-electron chi connectivity index (χ3n) is 3.82. The van der Waals surface area contributed by atoms with Gasteiger partial charge in [-0.05, 0) is 24.1 Å². The van der Waals surface area contributed by atoms with Gasteiger partial charge in [0.25, 0.3) is 0 Å². The molecule has 120 valence electrons. The molecule has 0 saturated heterocycles. The maximum atomic E-state index is 5.72. The van der Waals surface area contributed by atoms with Crippen LogP contribution in [0.25, 0.3) is 0 Å². The third-order valence-corrected chi connectivity index (χ3v) is 3.82. The lowest BCUT2D eigenvalue weighted by Gasteiger charge is -2.18. The summed E-state index contributed by atoms with van der Waals surface area (Å²) in [6.45, 7) is 2.24. The minimum atomic E-state index is 0.139. The highest BCUT2D eigenvalue weighted by Crippen LogP contribution is 2.28. The molecule has 0 saturated carbocycles. The summed E-state index contributed by atoms with van der Waals surface area (Å²) < 4.78 is 10.6. The topological polar surface area (TPSA) is 56.5 Å². The van der Waals surface area contributed by atoms with Crippen molar-refractivity contribution in [3.05, 3.63) is 23.8 Å². The fraction of sp³-hybridized carbons (Fsp3) is 0.647. The first-order valence-corrected chi connectivity index (χ1v) is 7.94. The van der Waals surface area contributed by atoms with Gasteiger partial charge in [-0.15, -0.1) is 0 Å². The van der Waals surface area contributed by atoms with Crippen molar-refractivity contribution in [2.75, 3.05) is 14.2 Å². The summed E-state index contributed by atoms with van der Waals surface area (Å²) in [6, 6.07) is 6.05. The largest absolute Gasteiger partial charge is 0.497 e. The van der Waals surface area contributed by atoms with Crippen molar-refractivity contribution in [2.24, 2.45) is 5.84 Å². The molecule has 1 atom stereocenters. The number of hydrogen-bond donors (Lipinski definition) is 2. The monoisotopic (exact) mass is 294 g/mol. The maximum absolute atomic E-state index is 5.72. The SMILES string of the molecule is CCCCCCCCC(NN)c1cc(OC)cc(OC)c1. The van der Waals surface area contributed by atoms with Gasteiger partial charge in [-0.3, -0.25) is 11.3 Å². The first-order chi connectivity index (χ1) is 10.2. The first kappa shape index (κ1) is 17.8. The Balaban J connectivity index is 2.54. The number of nitrogens with one attached hydrogen (secondary N) is 1. The van der Waals surface area contributed by atoms with E-state index in [-0.39, 0.29) is 6.04 Å². The molecular weight excluding hydrogens is 264 g/mol. The molecule has 4 heteroatoms. The van der Waals surface area contributed by atoms with Gasteiger partial charge < -0.3 is 9.47 Å². The molecule has 0 amide bonds. The smallest absolute Gasteiger partial charge is 0.122 e. The average molecular weight is 294 g/mol. The van der Waals surface area contributed by atoms with E-state index in [1.807, 2.05) is 18.2 Å². The number of nitrogens with two attached hydrogens (primary N) is 1. The summed E-state index contributed by atoms with van der Waals surface area (Å²) in [5.41, 5.74) is 4.03. The van der Waals surface area contributed by atoms with Crippen molar-refractivity contribution in [3.63, 3.8) is 0 Å². The van der Waals surface area contributed by atoms with Gasteiger partial charge in [0, 0.05) is 12.1 Å². The number of methoxy groups -OCH3 is 2. The molecule has 0 bridgehead atoms. The second kappa shape index (κ2) is 10.5. The van der Waals surface area contributed by atoms with E-state index in [1.165, 1.54) is 38.5 Å². The normalized spacial score (nSPS) is 12.2. The van der Waals surface area contributed by atoms with Crippen molar-refractivity contribution in [3.8, 4) is 11.5 Å². The highest BCUT2D eigenvalue weighted by atomic mass is 16.5. The summed E-state index contributed by atoms with van der Waals surface area (Å²) in [5.74, 6) is 7.32. The molecule has 21 heavy (non-hydrogen) atoms. The summed E-state index contributed by atoms with van der Waals surface area (Å²) >= 11 is 0. The molecule has 1 rings (SSSR count). The number of rotatable bonds is 11. The van der Waals surface area contributed by atoms with Gasteiger partial charge in [0.15, 0.2) is 0 Å². The van der Waals surface area contributed by atoms with Gasteiger partial charge >= 0.3 is 0 Å². The minimum absolute atomic E-state index is 0.139. The van der Waals surface area contributed by atoms with Crippen molar-refractivity contribution < 1.29 is 9.47 Å². The van der Waals surface area contributed by atoms with E-state index in [4.69, 9.17) is 15.3 Å². The quantitative estimate of drug-likeness (QED) is 0.368. The number of benzene rings is 1. The molecule has 1 aromatic carbocycles. The lowest BCUT2D eigenvalue weighted by molar-refractivity contribution is 0.390. The number of unbranched alkanes of at least 4 members (excludes halogenated alkanes) is 5. The summed E-state index contributed by atoms with van der Waals surface area (Å²) in [5, 5.41) is 0. The zero-order valence-corrected chi connectivity index (χ0v) is 13.7. The van der Waals surface area contributed by atoms with Crippen LogP contribution in [0.15, 0.2) is 18.2 Å². The fourth-order valence-electron chi connectivity index (χ4n) is 2.51. The molecular formula is C17H30N2O2. The van der Waals surface area contributed by atoms with Crippen molar-refractivity contribution in [1.82, 2.24) is 5.43 Å². The van der Waals surface area contributed by atoms with Crippen molar-refractivity contribution in [2.45, 2.75) is 57.9 Å². The average Bonchev–Trinajstić information content (AvgIpc) is 2.53. The van der Waals surface area contributed by atoms with Crippen LogP contribution in [0, 0.1) is 0 Å². The lowest BCUT2D eigenvalue weighted by Crippen LogP contribution is -2.28. The second-order valence-electron chi connectivity index (χ2n) is 5.42. The van der Waals surface area contributed by atoms with Crippen LogP contribution in [0.1, 0.15) is 63.5 Å². The minimum Gasteiger partial charge on any atom is -0.497 e. The molecule has 0 aromatic heterocycles. The van der Waals surface area contributed by atoms with E-state index < -0.39 is 0 Å². The van der Waals surface area contributed by atoms with Crippen LogP contribution in [0.2, 0.25) is 0 Å². The maximum Gasteiger partial charge on any atom is 0.122 e. The summed E-state index contributed by atoms with van der Waals surface area (Å²) in [7, 11) is 3.33. The van der Waals surface area contributed by atoms with Crippen LogP contribution >= 0.6 is 0 Å². The Morgan fingerprint density at radius 1 is 0.952 bits per heavy atom. The Morgan fingerprint density at radius 3 is 2.05 bits per heavy atom. The molecule has 4 nitrogen and oxygen atoms in total. The van der Waals surface area contributed by atoms with Crippen LogP contribution in [-0.2, 0) is 0 Å². The van der Waals surface area contributed by atoms with Crippen molar-refractivity contribution in [1.29, 1.82) is 0 Å². The molecule has 0 aliphatic carbocycles. The Bertz CT molecular complexity index is 374. The highest BCUT2D eigenvalue weighted by Gasteiger charge is 2.12. The third kappa shape index (κ3) is 6.36. The first-order valence-electron chi connectivity index (χ1n) is 7.94. The van der Waals surface area contributed by atoms with Gasteiger partial charge in [0.2, 0.25) is 0 Å². The van der Waals surface area contributed by atoms with Gasteiger partial charge in [0.1, 0.15) is 11.5 Å². The van der Waals surface area contributed by atoms with E-state index in [2.05, 4.69) is 12.3 Å². The second-order valence-corrected chi connectivity index (χ2v) is 5.42. The predicted octanol–water partition coefficient (Wildman–Crippen LogP) is 3.96. The van der Waals surface area contributed by atoms with E-state index in [9.17, 15) is 0 Å². The highest BCUT2D eigenvalue weighted by molar-refractivity contribution is 5.39. The lowest BCUT2D eigenvalue weighted by atomic mass is 9.99. The van der Waals surface area contributed by atoms with Crippen molar-refractivity contribution >= 4 is 0 Å². The molecule has 0 radical (unpaired) electrons. The Morgan fingerprint density at radius 2 is 1.52 bits per heavy atom. The van der Waals surface area contributed by atoms with Gasteiger partial charge in [-0.1, -0.05) is 45.4 Å².